The Morgan fingerprint density at radius 2 is 2.19 bits per heavy atom. The minimum absolute atomic E-state index is 0.227. The molecular weight excluding hydrogens is 268 g/mol. The molecular formula is C15H28N4O2. The van der Waals surface area contributed by atoms with Gasteiger partial charge in [0.25, 0.3) is 0 Å². The van der Waals surface area contributed by atoms with Crippen LogP contribution in [-0.2, 0) is 13.0 Å². The SMILES string of the molecule is CCCc1nc(CNCC2CCN(C[C@@H](C)O)CC2)no1. The first-order valence-corrected chi connectivity index (χ1v) is 8.10. The molecule has 0 unspecified atom stereocenters. The van der Waals surface area contributed by atoms with E-state index in [1.807, 2.05) is 6.92 Å². The normalized spacial score (nSPS) is 19.0. The van der Waals surface area contributed by atoms with Crippen LogP contribution in [0.2, 0.25) is 0 Å². The topological polar surface area (TPSA) is 74.4 Å². The largest absolute Gasteiger partial charge is 0.392 e. The lowest BCUT2D eigenvalue weighted by Crippen LogP contribution is -2.40. The zero-order chi connectivity index (χ0) is 15.1. The lowest BCUT2D eigenvalue weighted by molar-refractivity contribution is 0.0997. The molecule has 21 heavy (non-hydrogen) atoms. The lowest BCUT2D eigenvalue weighted by atomic mass is 9.96. The van der Waals surface area contributed by atoms with E-state index in [2.05, 4.69) is 27.3 Å². The molecule has 1 aliphatic rings. The van der Waals surface area contributed by atoms with E-state index >= 15 is 0 Å². The van der Waals surface area contributed by atoms with Crippen molar-refractivity contribution < 1.29 is 9.63 Å². The van der Waals surface area contributed by atoms with E-state index in [9.17, 15) is 5.11 Å². The number of aliphatic hydroxyl groups is 1. The summed E-state index contributed by atoms with van der Waals surface area (Å²) in [6.07, 6.45) is 4.03. The average Bonchev–Trinajstić information content (AvgIpc) is 2.88. The summed E-state index contributed by atoms with van der Waals surface area (Å²) in [6.45, 7) is 8.60. The van der Waals surface area contributed by atoms with Crippen LogP contribution in [0.25, 0.3) is 0 Å². The van der Waals surface area contributed by atoms with Crippen molar-refractivity contribution in [1.29, 1.82) is 0 Å². The summed E-state index contributed by atoms with van der Waals surface area (Å²) in [6, 6.07) is 0. The van der Waals surface area contributed by atoms with E-state index in [1.165, 1.54) is 12.8 Å². The van der Waals surface area contributed by atoms with Crippen molar-refractivity contribution in [2.45, 2.75) is 52.2 Å². The molecule has 2 rings (SSSR count). The van der Waals surface area contributed by atoms with Crippen LogP contribution < -0.4 is 5.32 Å². The highest BCUT2D eigenvalue weighted by Gasteiger charge is 2.19. The number of aryl methyl sites for hydroxylation is 1. The van der Waals surface area contributed by atoms with Crippen molar-refractivity contribution in [3.05, 3.63) is 11.7 Å². The van der Waals surface area contributed by atoms with Gasteiger partial charge in [0.2, 0.25) is 5.89 Å². The molecule has 0 spiro atoms. The third-order valence-corrected chi connectivity index (χ3v) is 3.92. The Hall–Kier alpha value is -0.980. The molecule has 0 radical (unpaired) electrons. The van der Waals surface area contributed by atoms with Crippen LogP contribution in [0.3, 0.4) is 0 Å². The first-order valence-electron chi connectivity index (χ1n) is 8.10. The van der Waals surface area contributed by atoms with E-state index in [4.69, 9.17) is 4.52 Å². The fraction of sp³-hybridized carbons (Fsp3) is 0.867. The molecule has 6 heteroatoms. The van der Waals surface area contributed by atoms with Gasteiger partial charge in [0, 0.05) is 13.0 Å². The Labute approximate surface area is 126 Å². The van der Waals surface area contributed by atoms with Crippen LogP contribution in [0.1, 0.15) is 44.8 Å². The van der Waals surface area contributed by atoms with Crippen LogP contribution in [0.4, 0.5) is 0 Å². The Morgan fingerprint density at radius 3 is 2.86 bits per heavy atom. The zero-order valence-corrected chi connectivity index (χ0v) is 13.2. The fourth-order valence-corrected chi connectivity index (χ4v) is 2.81. The van der Waals surface area contributed by atoms with Crippen LogP contribution in [0, 0.1) is 5.92 Å². The molecule has 0 aromatic carbocycles. The van der Waals surface area contributed by atoms with E-state index in [0.717, 1.165) is 50.7 Å². The molecule has 0 amide bonds. The maximum Gasteiger partial charge on any atom is 0.226 e. The van der Waals surface area contributed by atoms with Gasteiger partial charge in [0.05, 0.1) is 12.6 Å². The Morgan fingerprint density at radius 1 is 1.43 bits per heavy atom. The van der Waals surface area contributed by atoms with Gasteiger partial charge in [-0.2, -0.15) is 4.98 Å². The first kappa shape index (κ1) is 16.4. The summed E-state index contributed by atoms with van der Waals surface area (Å²) in [5, 5.41) is 16.8. The summed E-state index contributed by atoms with van der Waals surface area (Å²) in [4.78, 5) is 6.70. The van der Waals surface area contributed by atoms with E-state index in [-0.39, 0.29) is 6.10 Å². The smallest absolute Gasteiger partial charge is 0.226 e. The first-order chi connectivity index (χ1) is 10.2. The molecule has 1 aromatic heterocycles. The van der Waals surface area contributed by atoms with Crippen LogP contribution >= 0.6 is 0 Å². The average molecular weight is 296 g/mol. The van der Waals surface area contributed by atoms with Gasteiger partial charge in [-0.25, -0.2) is 0 Å². The number of nitrogens with one attached hydrogen (secondary N) is 1. The molecule has 1 saturated heterocycles. The van der Waals surface area contributed by atoms with Gasteiger partial charge in [0.1, 0.15) is 0 Å². The van der Waals surface area contributed by atoms with Gasteiger partial charge >= 0.3 is 0 Å². The number of likely N-dealkylation sites (tertiary alicyclic amines) is 1. The summed E-state index contributed by atoms with van der Waals surface area (Å²) in [5.41, 5.74) is 0. The molecule has 120 valence electrons. The molecule has 1 fully saturated rings. The Balaban J connectivity index is 1.61. The monoisotopic (exact) mass is 296 g/mol. The molecule has 0 aliphatic carbocycles. The van der Waals surface area contributed by atoms with E-state index in [1.54, 1.807) is 0 Å². The number of aliphatic hydroxyl groups excluding tert-OH is 1. The van der Waals surface area contributed by atoms with Gasteiger partial charge in [-0.15, -0.1) is 0 Å². The predicted octanol–water partition coefficient (Wildman–Crippen LogP) is 1.20. The van der Waals surface area contributed by atoms with Gasteiger partial charge in [0.15, 0.2) is 5.82 Å². The molecule has 6 nitrogen and oxygen atoms in total. The highest BCUT2D eigenvalue weighted by molar-refractivity contribution is 4.86. The summed E-state index contributed by atoms with van der Waals surface area (Å²) in [7, 11) is 0. The second kappa shape index (κ2) is 8.46. The van der Waals surface area contributed by atoms with Gasteiger partial charge in [-0.1, -0.05) is 12.1 Å². The summed E-state index contributed by atoms with van der Waals surface area (Å²) >= 11 is 0. The number of nitrogens with zero attached hydrogens (tertiary/aromatic N) is 3. The fourth-order valence-electron chi connectivity index (χ4n) is 2.81. The molecule has 1 atom stereocenters. The molecule has 0 bridgehead atoms. The van der Waals surface area contributed by atoms with Crippen LogP contribution in [-0.4, -0.2) is 52.4 Å². The standard InChI is InChI=1S/C15H28N4O2/c1-3-4-15-17-14(18-21-15)10-16-9-13-5-7-19(8-6-13)11-12(2)20/h12-13,16,20H,3-11H2,1-2H3/t12-/m1/s1. The highest BCUT2D eigenvalue weighted by Crippen LogP contribution is 2.16. The minimum Gasteiger partial charge on any atom is -0.392 e. The van der Waals surface area contributed by atoms with Crippen molar-refractivity contribution >= 4 is 0 Å². The number of rotatable bonds is 8. The second-order valence-electron chi connectivity index (χ2n) is 6.08. The van der Waals surface area contributed by atoms with Crippen molar-refractivity contribution in [2.24, 2.45) is 5.92 Å². The molecule has 1 aliphatic heterocycles. The quantitative estimate of drug-likeness (QED) is 0.751. The molecule has 2 heterocycles. The summed E-state index contributed by atoms with van der Waals surface area (Å²) < 4.78 is 5.17. The van der Waals surface area contributed by atoms with E-state index < -0.39 is 0 Å². The summed E-state index contributed by atoms with van der Waals surface area (Å²) in [5.74, 6) is 2.20. The van der Waals surface area contributed by atoms with Crippen LogP contribution in [0.5, 0.6) is 0 Å². The van der Waals surface area contributed by atoms with Crippen LogP contribution in [0.15, 0.2) is 4.52 Å². The van der Waals surface area contributed by atoms with Crippen molar-refractivity contribution in [1.82, 2.24) is 20.4 Å². The number of hydrogen-bond donors (Lipinski definition) is 2. The lowest BCUT2D eigenvalue weighted by Gasteiger charge is -2.32. The van der Waals surface area contributed by atoms with E-state index in [0.29, 0.717) is 12.5 Å². The van der Waals surface area contributed by atoms with Gasteiger partial charge < -0.3 is 19.8 Å². The predicted molar refractivity (Wildman–Crippen MR) is 80.8 cm³/mol. The number of hydrogen-bond acceptors (Lipinski definition) is 6. The Bertz CT molecular complexity index is 400. The van der Waals surface area contributed by atoms with Crippen molar-refractivity contribution in [2.75, 3.05) is 26.2 Å². The molecule has 0 saturated carbocycles. The third kappa shape index (κ3) is 5.73. The highest BCUT2D eigenvalue weighted by atomic mass is 16.5. The third-order valence-electron chi connectivity index (χ3n) is 3.92. The van der Waals surface area contributed by atoms with Gasteiger partial charge in [-0.05, 0) is 51.7 Å². The number of piperidine rings is 1. The van der Waals surface area contributed by atoms with Crippen molar-refractivity contribution in [3.63, 3.8) is 0 Å². The Kier molecular flexibility index (Phi) is 6.60. The minimum atomic E-state index is -0.227. The maximum absolute atomic E-state index is 9.40. The number of aromatic nitrogens is 2. The van der Waals surface area contributed by atoms with Gasteiger partial charge in [-0.3, -0.25) is 0 Å². The zero-order valence-electron chi connectivity index (χ0n) is 13.2. The van der Waals surface area contributed by atoms with Crippen molar-refractivity contribution in [3.8, 4) is 0 Å². The molecule has 2 N–H and O–H groups in total. The molecule has 1 aromatic rings. The second-order valence-corrected chi connectivity index (χ2v) is 6.08. The number of β-amino-alcohol motifs (C(OH)–C–C–N with tert-alkyl or cyclic N) is 1. The maximum atomic E-state index is 9.40.